The van der Waals surface area contributed by atoms with Gasteiger partial charge in [-0.25, -0.2) is 4.79 Å². The summed E-state index contributed by atoms with van der Waals surface area (Å²) in [6, 6.07) is 4.35. The number of aromatic nitrogens is 3. The van der Waals surface area contributed by atoms with Crippen LogP contribution in [0.15, 0.2) is 18.2 Å². The highest BCUT2D eigenvalue weighted by atomic mass is 35.5. The van der Waals surface area contributed by atoms with Gasteiger partial charge in [0.2, 0.25) is 17.8 Å². The van der Waals surface area contributed by atoms with Gasteiger partial charge in [-0.1, -0.05) is 29.3 Å². The fourth-order valence-corrected chi connectivity index (χ4v) is 5.19. The Balaban J connectivity index is 1.46. The van der Waals surface area contributed by atoms with Crippen molar-refractivity contribution in [2.24, 2.45) is 0 Å². The lowest BCUT2D eigenvalue weighted by Gasteiger charge is -2.38. The minimum Gasteiger partial charge on any atom is -0.442 e. The predicted octanol–water partition coefficient (Wildman–Crippen LogP) is 3.49. The number of nitrogens with zero attached hydrogens (tertiary/aromatic N) is 5. The smallest absolute Gasteiger partial charge is 0.442 e. The quantitative estimate of drug-likeness (QED) is 0.379. The largest absolute Gasteiger partial charge is 0.490 e. The lowest BCUT2D eigenvalue weighted by Crippen LogP contribution is -2.54. The molecule has 3 N–H and O–H groups in total. The number of piperazine rings is 1. The molecular formula is C25H31Cl2F3N8O3. The van der Waals surface area contributed by atoms with Gasteiger partial charge in [-0.05, 0) is 50.4 Å². The zero-order chi connectivity index (χ0) is 29.8. The molecular weight excluding hydrogens is 588 g/mol. The predicted molar refractivity (Wildman–Crippen MR) is 148 cm³/mol. The van der Waals surface area contributed by atoms with E-state index in [0.29, 0.717) is 28.4 Å². The highest BCUT2D eigenvalue weighted by molar-refractivity contribution is 6.35. The standard InChI is InChI=1S/C25H31Cl2F3N8O3/c1-31-21-34-22(36-23(35-21)38-11-9-37(2)10-12-38)33-17-5-7-24(8-6-17,41-20(40)25(28,29)30)19(39)32-14-15-3-4-16(26)13-18(15)27/h3-4,13,17H,5-12,14H2,1-2H3,(H,32,39)(H2,31,33,34,35,36). The van der Waals surface area contributed by atoms with Gasteiger partial charge in [0.1, 0.15) is 0 Å². The van der Waals surface area contributed by atoms with E-state index in [4.69, 9.17) is 27.9 Å². The maximum Gasteiger partial charge on any atom is 0.490 e. The van der Waals surface area contributed by atoms with Crippen LogP contribution in [0.3, 0.4) is 0 Å². The molecule has 1 aliphatic heterocycles. The van der Waals surface area contributed by atoms with Crippen LogP contribution in [0.4, 0.5) is 31.0 Å². The number of nitrogens with one attached hydrogen (secondary N) is 3. The first-order valence-corrected chi connectivity index (χ1v) is 13.8. The molecule has 16 heteroatoms. The SMILES string of the molecule is CNc1nc(NC2CCC(OC(=O)C(F)(F)F)(C(=O)NCc3ccc(Cl)cc3Cl)CC2)nc(N2CCN(C)CC2)n1. The third kappa shape index (κ3) is 7.80. The van der Waals surface area contributed by atoms with E-state index >= 15 is 0 Å². The number of amides is 1. The molecule has 41 heavy (non-hydrogen) atoms. The van der Waals surface area contributed by atoms with Crippen LogP contribution in [-0.4, -0.2) is 89.8 Å². The van der Waals surface area contributed by atoms with Gasteiger partial charge in [-0.2, -0.15) is 28.1 Å². The summed E-state index contributed by atoms with van der Waals surface area (Å²) < 4.78 is 44.3. The summed E-state index contributed by atoms with van der Waals surface area (Å²) in [6.07, 6.45) is -5.13. The second kappa shape index (κ2) is 12.8. The van der Waals surface area contributed by atoms with E-state index < -0.39 is 23.7 Å². The average molecular weight is 619 g/mol. The molecule has 0 bridgehead atoms. The van der Waals surface area contributed by atoms with Crippen LogP contribution in [0.1, 0.15) is 31.2 Å². The number of esters is 1. The van der Waals surface area contributed by atoms with Crippen LogP contribution in [0.5, 0.6) is 0 Å². The summed E-state index contributed by atoms with van der Waals surface area (Å²) >= 11 is 12.1. The number of likely N-dealkylation sites (N-methyl/N-ethyl adjacent to an activating group) is 1. The lowest BCUT2D eigenvalue weighted by atomic mass is 9.81. The highest BCUT2D eigenvalue weighted by Gasteiger charge is 2.51. The average Bonchev–Trinajstić information content (AvgIpc) is 2.93. The molecule has 2 aromatic rings. The van der Waals surface area contributed by atoms with E-state index in [1.165, 1.54) is 6.07 Å². The van der Waals surface area contributed by atoms with Crippen LogP contribution in [-0.2, 0) is 20.9 Å². The second-order valence-electron chi connectivity index (χ2n) is 10.0. The maximum atomic E-state index is 13.2. The third-order valence-electron chi connectivity index (χ3n) is 7.15. The summed E-state index contributed by atoms with van der Waals surface area (Å²) in [5.41, 5.74) is -1.51. The molecule has 2 fully saturated rings. The first kappa shape index (κ1) is 30.8. The van der Waals surface area contributed by atoms with Crippen LogP contribution in [0.2, 0.25) is 10.0 Å². The topological polar surface area (TPSA) is 125 Å². The summed E-state index contributed by atoms with van der Waals surface area (Å²) in [6.45, 7) is 3.12. The van der Waals surface area contributed by atoms with Crippen molar-refractivity contribution < 1.29 is 27.5 Å². The van der Waals surface area contributed by atoms with Crippen molar-refractivity contribution in [3.05, 3.63) is 33.8 Å². The Kier molecular flexibility index (Phi) is 9.65. The van der Waals surface area contributed by atoms with Crippen molar-refractivity contribution in [2.45, 2.75) is 50.0 Å². The molecule has 1 aromatic heterocycles. The van der Waals surface area contributed by atoms with Gasteiger partial charge in [0, 0.05) is 55.9 Å². The van der Waals surface area contributed by atoms with Crippen molar-refractivity contribution in [1.29, 1.82) is 0 Å². The number of hydrogen-bond donors (Lipinski definition) is 3. The zero-order valence-corrected chi connectivity index (χ0v) is 24.0. The number of anilines is 3. The highest BCUT2D eigenvalue weighted by Crippen LogP contribution is 2.36. The molecule has 4 rings (SSSR count). The van der Waals surface area contributed by atoms with Crippen LogP contribution in [0.25, 0.3) is 0 Å². The van der Waals surface area contributed by atoms with Crippen LogP contribution < -0.4 is 20.9 Å². The Labute approximate surface area is 245 Å². The van der Waals surface area contributed by atoms with E-state index in [1.54, 1.807) is 19.2 Å². The van der Waals surface area contributed by atoms with Gasteiger partial charge >= 0.3 is 12.1 Å². The minimum atomic E-state index is -5.25. The van der Waals surface area contributed by atoms with E-state index in [9.17, 15) is 22.8 Å². The molecule has 2 aliphatic rings. The van der Waals surface area contributed by atoms with E-state index in [0.717, 1.165) is 26.2 Å². The third-order valence-corrected chi connectivity index (χ3v) is 7.73. The van der Waals surface area contributed by atoms with Gasteiger partial charge in [-0.3, -0.25) is 4.79 Å². The molecule has 0 radical (unpaired) electrons. The fraction of sp³-hybridized carbons (Fsp3) is 0.560. The summed E-state index contributed by atoms with van der Waals surface area (Å²) in [5.74, 6) is -2.10. The Bertz CT molecular complexity index is 1250. The van der Waals surface area contributed by atoms with E-state index in [2.05, 4.69) is 35.8 Å². The number of carbonyl (C=O) groups is 2. The molecule has 224 valence electrons. The van der Waals surface area contributed by atoms with Crippen molar-refractivity contribution in [3.63, 3.8) is 0 Å². The summed E-state index contributed by atoms with van der Waals surface area (Å²) in [5, 5.41) is 9.37. The molecule has 0 atom stereocenters. The number of rotatable bonds is 8. The molecule has 1 saturated carbocycles. The number of halogens is 5. The van der Waals surface area contributed by atoms with Crippen molar-refractivity contribution in [1.82, 2.24) is 25.2 Å². The van der Waals surface area contributed by atoms with Gasteiger partial charge in [0.15, 0.2) is 5.60 Å². The summed E-state index contributed by atoms with van der Waals surface area (Å²) in [7, 11) is 3.73. The van der Waals surface area contributed by atoms with E-state index in [-0.39, 0.29) is 43.3 Å². The van der Waals surface area contributed by atoms with Crippen molar-refractivity contribution in [3.8, 4) is 0 Å². The Morgan fingerprint density at radius 2 is 1.73 bits per heavy atom. The lowest BCUT2D eigenvalue weighted by molar-refractivity contribution is -0.217. The molecule has 1 aromatic carbocycles. The Morgan fingerprint density at radius 1 is 1.07 bits per heavy atom. The van der Waals surface area contributed by atoms with Crippen molar-refractivity contribution in [2.75, 3.05) is 55.8 Å². The van der Waals surface area contributed by atoms with Gasteiger partial charge < -0.3 is 30.5 Å². The van der Waals surface area contributed by atoms with Gasteiger partial charge in [0.25, 0.3) is 5.91 Å². The van der Waals surface area contributed by atoms with Gasteiger partial charge in [-0.15, -0.1) is 0 Å². The molecule has 1 amide bonds. The number of carbonyl (C=O) groups excluding carboxylic acids is 2. The molecule has 11 nitrogen and oxygen atoms in total. The normalized spacial score (nSPS) is 21.7. The van der Waals surface area contributed by atoms with E-state index in [1.807, 2.05) is 11.9 Å². The number of alkyl halides is 3. The molecule has 2 heterocycles. The minimum absolute atomic E-state index is 0.0887. The summed E-state index contributed by atoms with van der Waals surface area (Å²) in [4.78, 5) is 42.7. The van der Waals surface area contributed by atoms with Crippen molar-refractivity contribution >= 4 is 52.9 Å². The first-order chi connectivity index (χ1) is 19.4. The Hall–Kier alpha value is -3.10. The first-order valence-electron chi connectivity index (χ1n) is 13.0. The second-order valence-corrected chi connectivity index (χ2v) is 10.9. The molecule has 1 aliphatic carbocycles. The zero-order valence-electron chi connectivity index (χ0n) is 22.5. The monoisotopic (exact) mass is 618 g/mol. The molecule has 1 saturated heterocycles. The van der Waals surface area contributed by atoms with Crippen LogP contribution >= 0.6 is 23.2 Å². The Morgan fingerprint density at radius 3 is 2.34 bits per heavy atom. The van der Waals surface area contributed by atoms with Gasteiger partial charge in [0.05, 0.1) is 0 Å². The number of ether oxygens (including phenoxy) is 1. The molecule has 0 unspecified atom stereocenters. The maximum absolute atomic E-state index is 13.2. The number of benzene rings is 1. The number of hydrogen-bond acceptors (Lipinski definition) is 10. The fourth-order valence-electron chi connectivity index (χ4n) is 4.71. The van der Waals surface area contributed by atoms with Crippen LogP contribution in [0, 0.1) is 0 Å². The molecule has 0 spiro atoms.